The summed E-state index contributed by atoms with van der Waals surface area (Å²) in [5.74, 6) is -1.22. The van der Waals surface area contributed by atoms with Crippen LogP contribution < -0.4 is 16.0 Å². The van der Waals surface area contributed by atoms with E-state index in [0.29, 0.717) is 39.1 Å². The molecule has 250 valence electrons. The van der Waals surface area contributed by atoms with Crippen molar-refractivity contribution >= 4 is 40.1 Å². The van der Waals surface area contributed by atoms with Crippen LogP contribution in [0.1, 0.15) is 53.9 Å². The zero-order chi connectivity index (χ0) is 35.3. The summed E-state index contributed by atoms with van der Waals surface area (Å²) in [6.45, 7) is 6.53. The summed E-state index contributed by atoms with van der Waals surface area (Å²) in [4.78, 5) is 44.5. The average Bonchev–Trinajstić information content (AvgIpc) is 3.11. The summed E-state index contributed by atoms with van der Waals surface area (Å²) >= 11 is 0. The highest BCUT2D eigenvalue weighted by molar-refractivity contribution is 6.08. The van der Waals surface area contributed by atoms with Crippen LogP contribution in [-0.4, -0.2) is 22.7 Å². The van der Waals surface area contributed by atoms with Crippen molar-refractivity contribution < 1.29 is 18.8 Å². The lowest BCUT2D eigenvalue weighted by Crippen LogP contribution is -2.37. The zero-order valence-corrected chi connectivity index (χ0v) is 28.0. The maximum Gasteiger partial charge on any atom is 0.255 e. The highest BCUT2D eigenvalue weighted by Crippen LogP contribution is 2.31. The maximum atomic E-state index is 13.5. The molecular weight excluding hydrogens is 627 g/mol. The van der Waals surface area contributed by atoms with Crippen molar-refractivity contribution in [3.63, 3.8) is 0 Å². The molecule has 5 aromatic carbocycles. The molecular formula is C42H37FN4O3. The highest BCUT2D eigenvalue weighted by Gasteiger charge is 2.24. The molecule has 7 nitrogen and oxygen atoms in total. The van der Waals surface area contributed by atoms with Gasteiger partial charge in [-0.25, -0.2) is 9.37 Å². The van der Waals surface area contributed by atoms with E-state index in [4.69, 9.17) is 0 Å². The quantitative estimate of drug-likeness (QED) is 0.144. The molecule has 0 bridgehead atoms. The fourth-order valence-electron chi connectivity index (χ4n) is 5.67. The van der Waals surface area contributed by atoms with Crippen molar-refractivity contribution in [2.24, 2.45) is 0 Å². The molecule has 1 heterocycles. The van der Waals surface area contributed by atoms with Gasteiger partial charge in [-0.1, -0.05) is 106 Å². The number of rotatable bonds is 9. The average molecular weight is 665 g/mol. The van der Waals surface area contributed by atoms with Gasteiger partial charge in [0.25, 0.3) is 11.8 Å². The molecule has 3 N–H and O–H groups in total. The standard InChI is InChI=1S/C42H37FN4O3/c1-42(2,3)32-19-15-28(16-20-32)34-11-7-8-12-36(34)45-40(49)31-17-23-35-30(26-31)18-24-37(44-35)46-41(50)39(29-9-5-4-6-10-29)47-38(48)25-27-13-21-33(43)22-14-27/h4-24,26,39H,25H2,1-3H3,(H,45,49)(H,47,48)(H,44,46,50). The van der Waals surface area contributed by atoms with Crippen LogP contribution in [0.2, 0.25) is 0 Å². The molecule has 1 unspecified atom stereocenters. The minimum absolute atomic E-state index is 0.0167. The van der Waals surface area contributed by atoms with Gasteiger partial charge in [0.2, 0.25) is 5.91 Å². The maximum absolute atomic E-state index is 13.5. The van der Waals surface area contributed by atoms with E-state index in [1.807, 2.05) is 30.3 Å². The molecule has 0 saturated carbocycles. The number of amides is 3. The third-order valence-corrected chi connectivity index (χ3v) is 8.42. The number of carbonyl (C=O) groups is 3. The van der Waals surface area contributed by atoms with Crippen LogP contribution in [0.3, 0.4) is 0 Å². The first-order valence-electron chi connectivity index (χ1n) is 16.4. The number of carbonyl (C=O) groups excluding carboxylic acids is 3. The van der Waals surface area contributed by atoms with Gasteiger partial charge in [0, 0.05) is 22.2 Å². The number of aromatic nitrogens is 1. The molecule has 6 rings (SSSR count). The Morgan fingerprint density at radius 3 is 2.16 bits per heavy atom. The molecule has 1 aromatic heterocycles. The van der Waals surface area contributed by atoms with E-state index in [2.05, 4.69) is 66.0 Å². The number of nitrogens with one attached hydrogen (secondary N) is 3. The van der Waals surface area contributed by atoms with E-state index in [1.54, 1.807) is 54.6 Å². The van der Waals surface area contributed by atoms with E-state index in [-0.39, 0.29) is 23.7 Å². The minimum Gasteiger partial charge on any atom is -0.340 e. The third kappa shape index (κ3) is 8.10. The predicted octanol–water partition coefficient (Wildman–Crippen LogP) is 8.63. The van der Waals surface area contributed by atoms with Crippen molar-refractivity contribution in [2.75, 3.05) is 10.6 Å². The van der Waals surface area contributed by atoms with Crippen LogP contribution in [0.5, 0.6) is 0 Å². The number of benzene rings is 5. The number of fused-ring (bicyclic) bond motifs is 1. The lowest BCUT2D eigenvalue weighted by atomic mass is 9.86. The molecule has 6 aromatic rings. The summed E-state index contributed by atoms with van der Waals surface area (Å²) in [5.41, 5.74) is 6.16. The van der Waals surface area contributed by atoms with Gasteiger partial charge in [-0.15, -0.1) is 0 Å². The number of nitrogens with zero attached hydrogens (tertiary/aromatic N) is 1. The van der Waals surface area contributed by atoms with Gasteiger partial charge in [0.15, 0.2) is 0 Å². The summed E-state index contributed by atoms with van der Waals surface area (Å²) < 4.78 is 13.3. The molecule has 0 aliphatic carbocycles. The topological polar surface area (TPSA) is 100 Å². The van der Waals surface area contributed by atoms with E-state index in [1.165, 1.54) is 29.8 Å². The van der Waals surface area contributed by atoms with Crippen molar-refractivity contribution in [2.45, 2.75) is 38.6 Å². The van der Waals surface area contributed by atoms with Gasteiger partial charge < -0.3 is 16.0 Å². The Morgan fingerprint density at radius 1 is 0.740 bits per heavy atom. The fraction of sp³-hybridized carbons (Fsp3) is 0.143. The van der Waals surface area contributed by atoms with Crippen LogP contribution in [-0.2, 0) is 21.4 Å². The largest absolute Gasteiger partial charge is 0.340 e. The van der Waals surface area contributed by atoms with E-state index in [0.717, 1.165) is 11.1 Å². The Bertz CT molecular complexity index is 2160. The first kappa shape index (κ1) is 33.7. The molecule has 0 saturated heterocycles. The van der Waals surface area contributed by atoms with E-state index < -0.39 is 17.8 Å². The summed E-state index contributed by atoms with van der Waals surface area (Å²) in [6, 6.07) is 38.3. The second-order valence-electron chi connectivity index (χ2n) is 13.1. The van der Waals surface area contributed by atoms with E-state index in [9.17, 15) is 18.8 Å². The number of halogens is 1. The molecule has 3 amide bonds. The SMILES string of the molecule is CC(C)(C)c1ccc(-c2ccccc2NC(=O)c2ccc3nc(NC(=O)C(NC(=O)Cc4ccc(F)cc4)c4ccccc4)ccc3c2)cc1. The number of hydrogen-bond acceptors (Lipinski definition) is 4. The Balaban J connectivity index is 1.16. The second kappa shape index (κ2) is 14.5. The van der Waals surface area contributed by atoms with Crippen molar-refractivity contribution in [1.82, 2.24) is 10.3 Å². The first-order chi connectivity index (χ1) is 24.0. The molecule has 1 atom stereocenters. The van der Waals surface area contributed by atoms with Crippen LogP contribution in [0.4, 0.5) is 15.9 Å². The Kier molecular flexibility index (Phi) is 9.81. The van der Waals surface area contributed by atoms with Crippen LogP contribution in [0.25, 0.3) is 22.0 Å². The van der Waals surface area contributed by atoms with Gasteiger partial charge in [0.1, 0.15) is 17.7 Å². The summed E-state index contributed by atoms with van der Waals surface area (Å²) in [6.07, 6.45) is -0.0167. The number of para-hydroxylation sites is 1. The number of hydrogen-bond donors (Lipinski definition) is 3. The summed E-state index contributed by atoms with van der Waals surface area (Å²) in [7, 11) is 0. The van der Waals surface area contributed by atoms with E-state index >= 15 is 0 Å². The highest BCUT2D eigenvalue weighted by atomic mass is 19.1. The Morgan fingerprint density at radius 2 is 1.44 bits per heavy atom. The fourth-order valence-corrected chi connectivity index (χ4v) is 5.67. The van der Waals surface area contributed by atoms with Gasteiger partial charge >= 0.3 is 0 Å². The number of anilines is 2. The molecule has 0 fully saturated rings. The van der Waals surface area contributed by atoms with Crippen molar-refractivity contribution in [1.29, 1.82) is 0 Å². The van der Waals surface area contributed by atoms with Gasteiger partial charge in [-0.3, -0.25) is 14.4 Å². The molecule has 50 heavy (non-hydrogen) atoms. The lowest BCUT2D eigenvalue weighted by Gasteiger charge is -2.19. The van der Waals surface area contributed by atoms with Gasteiger partial charge in [0.05, 0.1) is 11.9 Å². The third-order valence-electron chi connectivity index (χ3n) is 8.42. The van der Waals surface area contributed by atoms with Gasteiger partial charge in [-0.05, 0) is 76.2 Å². The van der Waals surface area contributed by atoms with Crippen molar-refractivity contribution in [3.05, 3.63) is 162 Å². The summed E-state index contributed by atoms with van der Waals surface area (Å²) in [5, 5.41) is 9.40. The molecule has 0 radical (unpaired) electrons. The minimum atomic E-state index is -0.993. The number of pyridine rings is 1. The lowest BCUT2D eigenvalue weighted by molar-refractivity contribution is -0.126. The molecule has 0 aliphatic heterocycles. The zero-order valence-electron chi connectivity index (χ0n) is 28.0. The smallest absolute Gasteiger partial charge is 0.255 e. The second-order valence-corrected chi connectivity index (χ2v) is 13.1. The Hall–Kier alpha value is -6.15. The normalized spacial score (nSPS) is 11.8. The Labute approximate surface area is 290 Å². The molecule has 0 spiro atoms. The predicted molar refractivity (Wildman–Crippen MR) is 196 cm³/mol. The monoisotopic (exact) mass is 664 g/mol. The first-order valence-corrected chi connectivity index (χ1v) is 16.4. The van der Waals surface area contributed by atoms with Gasteiger partial charge in [-0.2, -0.15) is 0 Å². The van der Waals surface area contributed by atoms with Crippen LogP contribution in [0.15, 0.2) is 133 Å². The molecule has 0 aliphatic rings. The van der Waals surface area contributed by atoms with Crippen LogP contribution >= 0.6 is 0 Å². The van der Waals surface area contributed by atoms with Crippen LogP contribution in [0, 0.1) is 5.82 Å². The van der Waals surface area contributed by atoms with Crippen molar-refractivity contribution in [3.8, 4) is 11.1 Å². The molecule has 8 heteroatoms.